The van der Waals surface area contributed by atoms with E-state index in [0.717, 1.165) is 44.2 Å². The van der Waals surface area contributed by atoms with Gasteiger partial charge in [-0.25, -0.2) is 8.78 Å². The van der Waals surface area contributed by atoms with Crippen LogP contribution < -0.4 is 11.1 Å². The Kier molecular flexibility index (Phi) is 4.14. The van der Waals surface area contributed by atoms with Gasteiger partial charge in [0.2, 0.25) is 5.91 Å². The number of carbonyl (C=O) groups excluding carboxylic acids is 1. The molecule has 0 aliphatic heterocycles. The average molecular weight is 268 g/mol. The minimum atomic E-state index is -0.969. The van der Waals surface area contributed by atoms with E-state index in [2.05, 4.69) is 5.32 Å². The predicted octanol–water partition coefficient (Wildman–Crippen LogP) is 2.81. The number of hydrogen-bond acceptors (Lipinski definition) is 2. The molecule has 5 heteroatoms. The van der Waals surface area contributed by atoms with Crippen molar-refractivity contribution in [1.82, 2.24) is 0 Å². The van der Waals surface area contributed by atoms with E-state index in [4.69, 9.17) is 5.73 Å². The van der Waals surface area contributed by atoms with Crippen LogP contribution in [0.1, 0.15) is 32.1 Å². The summed E-state index contributed by atoms with van der Waals surface area (Å²) in [6.07, 6.45) is 4.56. The molecular formula is C14H18F2N2O. The fraction of sp³-hybridized carbons (Fsp3) is 0.500. The topological polar surface area (TPSA) is 55.1 Å². The second-order valence-corrected chi connectivity index (χ2v) is 5.13. The molecule has 0 atom stereocenters. The first-order valence-electron chi connectivity index (χ1n) is 6.54. The van der Waals surface area contributed by atoms with Crippen molar-refractivity contribution in [3.8, 4) is 0 Å². The summed E-state index contributed by atoms with van der Waals surface area (Å²) in [4.78, 5) is 12.3. The van der Waals surface area contributed by atoms with Gasteiger partial charge in [0.25, 0.3) is 0 Å². The summed E-state index contributed by atoms with van der Waals surface area (Å²) in [6, 6.07) is 3.34. The lowest BCUT2D eigenvalue weighted by atomic mass is 9.73. The molecule has 0 saturated heterocycles. The van der Waals surface area contributed by atoms with Crippen LogP contribution in [0.4, 0.5) is 14.5 Å². The van der Waals surface area contributed by atoms with E-state index in [1.807, 2.05) is 0 Å². The highest BCUT2D eigenvalue weighted by Gasteiger charge is 2.38. The van der Waals surface area contributed by atoms with Crippen molar-refractivity contribution < 1.29 is 13.6 Å². The lowest BCUT2D eigenvalue weighted by Gasteiger charge is -2.34. The van der Waals surface area contributed by atoms with E-state index < -0.39 is 17.0 Å². The number of hydrogen-bond donors (Lipinski definition) is 2. The summed E-state index contributed by atoms with van der Waals surface area (Å²) in [5, 5.41) is 2.65. The highest BCUT2D eigenvalue weighted by Crippen LogP contribution is 2.36. The van der Waals surface area contributed by atoms with E-state index in [1.54, 1.807) is 0 Å². The van der Waals surface area contributed by atoms with Crippen LogP contribution in [0.2, 0.25) is 0 Å². The lowest BCUT2D eigenvalue weighted by Crippen LogP contribution is -2.43. The van der Waals surface area contributed by atoms with Crippen molar-refractivity contribution in [1.29, 1.82) is 0 Å². The summed E-state index contributed by atoms with van der Waals surface area (Å²) in [7, 11) is 0. The first-order chi connectivity index (χ1) is 9.07. The van der Waals surface area contributed by atoms with E-state index in [-0.39, 0.29) is 18.1 Å². The number of nitrogens with one attached hydrogen (secondary N) is 1. The van der Waals surface area contributed by atoms with Crippen molar-refractivity contribution in [3.63, 3.8) is 0 Å². The van der Waals surface area contributed by atoms with Gasteiger partial charge in [-0.2, -0.15) is 0 Å². The molecule has 1 saturated carbocycles. The van der Waals surface area contributed by atoms with Gasteiger partial charge in [-0.15, -0.1) is 0 Å². The van der Waals surface area contributed by atoms with Crippen molar-refractivity contribution in [2.75, 3.05) is 11.9 Å². The normalized spacial score (nSPS) is 18.1. The zero-order valence-corrected chi connectivity index (χ0v) is 10.7. The molecule has 0 spiro atoms. The monoisotopic (exact) mass is 268 g/mol. The SMILES string of the molecule is NCC1(C(=O)Nc2ccc(F)c(F)c2)CCCCC1. The Labute approximate surface area is 111 Å². The third kappa shape index (κ3) is 2.92. The molecule has 0 bridgehead atoms. The van der Waals surface area contributed by atoms with Gasteiger partial charge >= 0.3 is 0 Å². The van der Waals surface area contributed by atoms with Gasteiger partial charge in [-0.05, 0) is 25.0 Å². The second kappa shape index (κ2) is 5.65. The van der Waals surface area contributed by atoms with Gasteiger partial charge < -0.3 is 11.1 Å². The maximum atomic E-state index is 13.1. The number of rotatable bonds is 3. The first-order valence-corrected chi connectivity index (χ1v) is 6.54. The smallest absolute Gasteiger partial charge is 0.231 e. The van der Waals surface area contributed by atoms with Crippen LogP contribution in [0.25, 0.3) is 0 Å². The van der Waals surface area contributed by atoms with E-state index >= 15 is 0 Å². The molecule has 104 valence electrons. The largest absolute Gasteiger partial charge is 0.329 e. The molecule has 1 aliphatic rings. The summed E-state index contributed by atoms with van der Waals surface area (Å²) in [5.74, 6) is -2.09. The third-order valence-corrected chi connectivity index (χ3v) is 3.86. The van der Waals surface area contributed by atoms with E-state index in [0.29, 0.717) is 0 Å². The number of nitrogens with two attached hydrogens (primary N) is 1. The quantitative estimate of drug-likeness (QED) is 0.885. The van der Waals surface area contributed by atoms with Crippen LogP contribution in [0.5, 0.6) is 0 Å². The van der Waals surface area contributed by atoms with Crippen molar-refractivity contribution >= 4 is 11.6 Å². The zero-order chi connectivity index (χ0) is 13.9. The van der Waals surface area contributed by atoms with Crippen LogP contribution in [0.15, 0.2) is 18.2 Å². The molecule has 0 unspecified atom stereocenters. The molecule has 1 amide bonds. The second-order valence-electron chi connectivity index (χ2n) is 5.13. The van der Waals surface area contributed by atoms with Gasteiger partial charge in [0.1, 0.15) is 0 Å². The number of amides is 1. The third-order valence-electron chi connectivity index (χ3n) is 3.86. The Bertz CT molecular complexity index is 471. The van der Waals surface area contributed by atoms with E-state index in [9.17, 15) is 13.6 Å². The zero-order valence-electron chi connectivity index (χ0n) is 10.7. The molecule has 3 nitrogen and oxygen atoms in total. The summed E-state index contributed by atoms with van der Waals surface area (Å²) >= 11 is 0. The fourth-order valence-electron chi connectivity index (χ4n) is 2.59. The number of anilines is 1. The van der Waals surface area contributed by atoms with Crippen LogP contribution in [-0.2, 0) is 4.79 Å². The number of halogens is 2. The lowest BCUT2D eigenvalue weighted by molar-refractivity contribution is -0.126. The van der Waals surface area contributed by atoms with Crippen LogP contribution in [-0.4, -0.2) is 12.5 Å². The fourth-order valence-corrected chi connectivity index (χ4v) is 2.59. The Morgan fingerprint density at radius 3 is 2.47 bits per heavy atom. The number of benzene rings is 1. The van der Waals surface area contributed by atoms with Gasteiger partial charge in [-0.3, -0.25) is 4.79 Å². The van der Waals surface area contributed by atoms with Gasteiger partial charge in [-0.1, -0.05) is 19.3 Å². The number of carbonyl (C=O) groups is 1. The first kappa shape index (κ1) is 13.9. The maximum Gasteiger partial charge on any atom is 0.231 e. The summed E-state index contributed by atoms with van der Waals surface area (Å²) in [6.45, 7) is 0.280. The minimum Gasteiger partial charge on any atom is -0.329 e. The molecule has 19 heavy (non-hydrogen) atoms. The molecule has 0 aromatic heterocycles. The van der Waals surface area contributed by atoms with Gasteiger partial charge in [0.15, 0.2) is 11.6 Å². The molecule has 1 aliphatic carbocycles. The van der Waals surface area contributed by atoms with Crippen LogP contribution in [0, 0.1) is 17.0 Å². The predicted molar refractivity (Wildman–Crippen MR) is 69.6 cm³/mol. The molecule has 0 radical (unpaired) electrons. The van der Waals surface area contributed by atoms with Gasteiger partial charge in [0, 0.05) is 18.3 Å². The average Bonchev–Trinajstić information content (AvgIpc) is 2.43. The standard InChI is InChI=1S/C14H18F2N2O/c15-11-5-4-10(8-12(11)16)18-13(19)14(9-17)6-2-1-3-7-14/h4-5,8H,1-3,6-7,9,17H2,(H,18,19). The molecule has 2 rings (SSSR count). The molecule has 1 aromatic rings. The molecule has 1 fully saturated rings. The Morgan fingerprint density at radius 1 is 1.21 bits per heavy atom. The summed E-state index contributed by atoms with van der Waals surface area (Å²) in [5.41, 5.74) is 5.45. The van der Waals surface area contributed by atoms with Crippen molar-refractivity contribution in [2.45, 2.75) is 32.1 Å². The van der Waals surface area contributed by atoms with Crippen LogP contribution in [0.3, 0.4) is 0 Å². The highest BCUT2D eigenvalue weighted by molar-refractivity contribution is 5.95. The molecule has 0 heterocycles. The van der Waals surface area contributed by atoms with Crippen molar-refractivity contribution in [2.24, 2.45) is 11.1 Å². The Balaban J connectivity index is 2.12. The van der Waals surface area contributed by atoms with Gasteiger partial charge in [0.05, 0.1) is 5.41 Å². The van der Waals surface area contributed by atoms with E-state index in [1.165, 1.54) is 6.07 Å². The molecule has 3 N–H and O–H groups in total. The molecular weight excluding hydrogens is 250 g/mol. The maximum absolute atomic E-state index is 13.1. The summed E-state index contributed by atoms with van der Waals surface area (Å²) < 4.78 is 25.9. The van der Waals surface area contributed by atoms with Crippen LogP contribution >= 0.6 is 0 Å². The minimum absolute atomic E-state index is 0.194. The Morgan fingerprint density at radius 2 is 1.89 bits per heavy atom. The molecule has 1 aromatic carbocycles. The highest BCUT2D eigenvalue weighted by atomic mass is 19.2. The Hall–Kier alpha value is -1.49. The van der Waals surface area contributed by atoms with Crippen molar-refractivity contribution in [3.05, 3.63) is 29.8 Å².